The predicted octanol–water partition coefficient (Wildman–Crippen LogP) is 3.25. The molecule has 2 unspecified atom stereocenters. The van der Waals surface area contributed by atoms with Crippen molar-refractivity contribution in [1.29, 1.82) is 0 Å². The molecule has 1 aromatic carbocycles. The molecule has 0 aliphatic heterocycles. The van der Waals surface area contributed by atoms with Gasteiger partial charge in [0.05, 0.1) is 10.9 Å². The molecular weight excluding hydrogens is 262 g/mol. The Hall–Kier alpha value is -1.39. The number of nitrogens with one attached hydrogen (secondary N) is 1. The zero-order valence-electron chi connectivity index (χ0n) is 10.8. The summed E-state index contributed by atoms with van der Waals surface area (Å²) in [5.74, 6) is 1.60. The predicted molar refractivity (Wildman–Crippen MR) is 74.2 cm³/mol. The molecule has 100 valence electrons. The van der Waals surface area contributed by atoms with Gasteiger partial charge in [0.1, 0.15) is 0 Å². The van der Waals surface area contributed by atoms with E-state index in [2.05, 4.69) is 15.5 Å². The van der Waals surface area contributed by atoms with Gasteiger partial charge in [-0.1, -0.05) is 35.3 Å². The van der Waals surface area contributed by atoms with Crippen LogP contribution in [0.3, 0.4) is 0 Å². The molecular formula is C14H16ClN3O. The molecule has 0 bridgehead atoms. The zero-order valence-corrected chi connectivity index (χ0v) is 11.5. The summed E-state index contributed by atoms with van der Waals surface area (Å²) in [5.41, 5.74) is 0.818. The normalized spacial score (nSPS) is 22.8. The highest BCUT2D eigenvalue weighted by Crippen LogP contribution is 2.35. The smallest absolute Gasteiger partial charge is 0.231 e. The Labute approximate surface area is 117 Å². The monoisotopic (exact) mass is 277 g/mol. The number of halogens is 1. The summed E-state index contributed by atoms with van der Waals surface area (Å²) in [4.78, 5) is 4.52. The Morgan fingerprint density at radius 3 is 2.95 bits per heavy atom. The van der Waals surface area contributed by atoms with E-state index in [1.54, 1.807) is 0 Å². The van der Waals surface area contributed by atoms with Gasteiger partial charge in [0.15, 0.2) is 0 Å². The van der Waals surface area contributed by atoms with E-state index in [9.17, 15) is 0 Å². The van der Waals surface area contributed by atoms with Crippen LogP contribution in [-0.4, -0.2) is 23.2 Å². The van der Waals surface area contributed by atoms with Crippen LogP contribution in [0.2, 0.25) is 5.02 Å². The summed E-state index contributed by atoms with van der Waals surface area (Å²) in [7, 11) is 1.98. The van der Waals surface area contributed by atoms with Crippen molar-refractivity contribution in [2.24, 2.45) is 0 Å². The van der Waals surface area contributed by atoms with Crippen molar-refractivity contribution >= 4 is 11.6 Å². The summed E-state index contributed by atoms with van der Waals surface area (Å²) < 4.78 is 5.43. The van der Waals surface area contributed by atoms with Gasteiger partial charge in [0.25, 0.3) is 0 Å². The lowest BCUT2D eigenvalue weighted by Gasteiger charge is -2.14. The van der Waals surface area contributed by atoms with Gasteiger partial charge in [0.2, 0.25) is 11.7 Å². The van der Waals surface area contributed by atoms with Crippen molar-refractivity contribution in [2.75, 3.05) is 7.05 Å². The molecule has 1 aliphatic carbocycles. The molecule has 5 heteroatoms. The van der Waals surface area contributed by atoms with Crippen LogP contribution in [0.25, 0.3) is 11.4 Å². The third kappa shape index (κ3) is 2.38. The van der Waals surface area contributed by atoms with E-state index in [1.165, 1.54) is 6.42 Å². The van der Waals surface area contributed by atoms with Crippen LogP contribution in [0, 0.1) is 0 Å². The van der Waals surface area contributed by atoms with Crippen molar-refractivity contribution in [3.05, 3.63) is 35.2 Å². The summed E-state index contributed by atoms with van der Waals surface area (Å²) in [5, 5.41) is 8.03. The van der Waals surface area contributed by atoms with Gasteiger partial charge in [0, 0.05) is 11.6 Å². The van der Waals surface area contributed by atoms with E-state index in [1.807, 2.05) is 31.3 Å². The molecule has 4 nitrogen and oxygen atoms in total. The first kappa shape index (κ1) is 12.6. The minimum atomic E-state index is 0.314. The van der Waals surface area contributed by atoms with Gasteiger partial charge >= 0.3 is 0 Å². The topological polar surface area (TPSA) is 51.0 Å². The maximum Gasteiger partial charge on any atom is 0.231 e. The lowest BCUT2D eigenvalue weighted by Crippen LogP contribution is -2.27. The van der Waals surface area contributed by atoms with Crippen LogP contribution in [-0.2, 0) is 0 Å². The number of aromatic nitrogens is 2. The first-order valence-electron chi connectivity index (χ1n) is 6.55. The van der Waals surface area contributed by atoms with Gasteiger partial charge in [-0.25, -0.2) is 0 Å². The second-order valence-corrected chi connectivity index (χ2v) is 5.28. The quantitative estimate of drug-likeness (QED) is 0.936. The van der Waals surface area contributed by atoms with E-state index in [-0.39, 0.29) is 0 Å². The van der Waals surface area contributed by atoms with Gasteiger partial charge < -0.3 is 9.84 Å². The van der Waals surface area contributed by atoms with Gasteiger partial charge in [-0.15, -0.1) is 0 Å². The SMILES string of the molecule is CNC1CCCC1c1nc(-c2ccccc2Cl)no1. The Kier molecular flexibility index (Phi) is 3.53. The van der Waals surface area contributed by atoms with E-state index < -0.39 is 0 Å². The fraction of sp³-hybridized carbons (Fsp3) is 0.429. The Morgan fingerprint density at radius 2 is 2.16 bits per heavy atom. The highest BCUT2D eigenvalue weighted by Gasteiger charge is 2.32. The first-order valence-corrected chi connectivity index (χ1v) is 6.93. The minimum Gasteiger partial charge on any atom is -0.339 e. The maximum absolute atomic E-state index is 6.15. The van der Waals surface area contributed by atoms with Crippen molar-refractivity contribution < 1.29 is 4.52 Å². The summed E-state index contributed by atoms with van der Waals surface area (Å²) in [6, 6.07) is 7.98. The zero-order chi connectivity index (χ0) is 13.2. The average Bonchev–Trinajstić information content (AvgIpc) is 3.07. The summed E-state index contributed by atoms with van der Waals surface area (Å²) in [6.45, 7) is 0. The number of hydrogen-bond donors (Lipinski definition) is 1. The highest BCUT2D eigenvalue weighted by molar-refractivity contribution is 6.33. The number of rotatable bonds is 3. The molecule has 1 fully saturated rings. The molecule has 1 saturated carbocycles. The van der Waals surface area contributed by atoms with E-state index >= 15 is 0 Å². The maximum atomic E-state index is 6.15. The molecule has 0 amide bonds. The van der Waals surface area contributed by atoms with E-state index in [0.717, 1.165) is 18.4 Å². The molecule has 1 aromatic heterocycles. The van der Waals surface area contributed by atoms with E-state index in [0.29, 0.717) is 28.7 Å². The molecule has 1 aliphatic rings. The summed E-state index contributed by atoms with van der Waals surface area (Å²) in [6.07, 6.45) is 3.45. The Bertz CT molecular complexity index is 569. The van der Waals surface area contributed by atoms with Gasteiger partial charge in [-0.3, -0.25) is 0 Å². The van der Waals surface area contributed by atoms with E-state index in [4.69, 9.17) is 16.1 Å². The summed E-state index contributed by atoms with van der Waals surface area (Å²) >= 11 is 6.15. The molecule has 2 aromatic rings. The third-order valence-corrected chi connectivity index (χ3v) is 4.09. The fourth-order valence-electron chi connectivity index (χ4n) is 2.74. The average molecular weight is 278 g/mol. The number of hydrogen-bond acceptors (Lipinski definition) is 4. The van der Waals surface area contributed by atoms with Crippen molar-refractivity contribution in [3.63, 3.8) is 0 Å². The molecule has 19 heavy (non-hydrogen) atoms. The molecule has 1 N–H and O–H groups in total. The molecule has 0 radical (unpaired) electrons. The van der Waals surface area contributed by atoms with Crippen molar-refractivity contribution in [1.82, 2.24) is 15.5 Å². The molecule has 0 saturated heterocycles. The largest absolute Gasteiger partial charge is 0.339 e. The Balaban J connectivity index is 1.90. The lowest BCUT2D eigenvalue weighted by molar-refractivity contribution is 0.335. The molecule has 0 spiro atoms. The van der Waals surface area contributed by atoms with Crippen molar-refractivity contribution in [3.8, 4) is 11.4 Å². The number of nitrogens with zero attached hydrogens (tertiary/aromatic N) is 2. The first-order chi connectivity index (χ1) is 9.29. The standard InChI is InChI=1S/C14H16ClN3O/c1-16-12-8-4-6-10(12)14-17-13(18-19-14)9-5-2-3-7-11(9)15/h2-3,5,7,10,12,16H,4,6,8H2,1H3. The van der Waals surface area contributed by atoms with Crippen molar-refractivity contribution in [2.45, 2.75) is 31.2 Å². The van der Waals surface area contributed by atoms with Crippen LogP contribution in [0.4, 0.5) is 0 Å². The number of likely N-dealkylation sites (N-methyl/N-ethyl adjacent to an activating group) is 1. The van der Waals surface area contributed by atoms with Crippen LogP contribution in [0.15, 0.2) is 28.8 Å². The fourth-order valence-corrected chi connectivity index (χ4v) is 2.96. The van der Waals surface area contributed by atoms with Crippen LogP contribution >= 0.6 is 11.6 Å². The molecule has 1 heterocycles. The van der Waals surface area contributed by atoms with Crippen LogP contribution < -0.4 is 5.32 Å². The third-order valence-electron chi connectivity index (χ3n) is 3.76. The highest BCUT2D eigenvalue weighted by atomic mass is 35.5. The number of benzene rings is 1. The molecule has 2 atom stereocenters. The van der Waals surface area contributed by atoms with Gasteiger partial charge in [-0.2, -0.15) is 4.98 Å². The second kappa shape index (κ2) is 5.31. The van der Waals surface area contributed by atoms with Crippen LogP contribution in [0.1, 0.15) is 31.1 Å². The van der Waals surface area contributed by atoms with Gasteiger partial charge in [-0.05, 0) is 32.0 Å². The second-order valence-electron chi connectivity index (χ2n) is 4.87. The van der Waals surface area contributed by atoms with Crippen LogP contribution in [0.5, 0.6) is 0 Å². The minimum absolute atomic E-state index is 0.314. The molecule has 3 rings (SSSR count). The Morgan fingerprint density at radius 1 is 1.32 bits per heavy atom. The lowest BCUT2D eigenvalue weighted by atomic mass is 10.0.